The van der Waals surface area contributed by atoms with Crippen LogP contribution in [0.1, 0.15) is 46.1 Å². The van der Waals surface area contributed by atoms with E-state index < -0.39 is 5.92 Å². The predicted molar refractivity (Wildman–Crippen MR) is 115 cm³/mol. The molecule has 2 aromatic heterocycles. The van der Waals surface area contributed by atoms with Gasteiger partial charge in [0, 0.05) is 25.4 Å². The third kappa shape index (κ3) is 4.66. The third-order valence-electron chi connectivity index (χ3n) is 5.34. The molecule has 0 radical (unpaired) electrons. The van der Waals surface area contributed by atoms with Crippen LogP contribution in [0.2, 0.25) is 0 Å². The van der Waals surface area contributed by atoms with Gasteiger partial charge in [-0.1, -0.05) is 30.3 Å². The molecular formula is C24H22N4O3. The van der Waals surface area contributed by atoms with Crippen molar-refractivity contribution in [2.75, 3.05) is 0 Å². The van der Waals surface area contributed by atoms with Gasteiger partial charge in [-0.05, 0) is 53.8 Å². The second kappa shape index (κ2) is 8.87. The van der Waals surface area contributed by atoms with Crippen molar-refractivity contribution in [2.45, 2.75) is 32.2 Å². The quantitative estimate of drug-likeness (QED) is 0.625. The van der Waals surface area contributed by atoms with Crippen LogP contribution in [0.15, 0.2) is 60.9 Å². The Kier molecular flexibility index (Phi) is 5.84. The second-order valence-electron chi connectivity index (χ2n) is 7.52. The van der Waals surface area contributed by atoms with Gasteiger partial charge in [0.1, 0.15) is 5.69 Å². The average molecular weight is 414 g/mol. The van der Waals surface area contributed by atoms with E-state index in [0.29, 0.717) is 30.8 Å². The van der Waals surface area contributed by atoms with Gasteiger partial charge in [-0.25, -0.2) is 0 Å². The van der Waals surface area contributed by atoms with Gasteiger partial charge in [-0.2, -0.15) is 0 Å². The molecule has 1 aliphatic rings. The molecule has 0 aliphatic carbocycles. The number of hydrogen-bond donors (Lipinski definition) is 2. The molecule has 1 fully saturated rings. The van der Waals surface area contributed by atoms with E-state index >= 15 is 0 Å². The number of aryl methyl sites for hydroxylation is 1. The van der Waals surface area contributed by atoms with Gasteiger partial charge in [0.25, 0.3) is 5.91 Å². The molecule has 1 unspecified atom stereocenters. The van der Waals surface area contributed by atoms with E-state index in [0.717, 1.165) is 22.3 Å². The Morgan fingerprint density at radius 2 is 1.87 bits per heavy atom. The van der Waals surface area contributed by atoms with E-state index in [2.05, 4.69) is 20.6 Å². The van der Waals surface area contributed by atoms with Crippen LogP contribution in [0.25, 0.3) is 11.1 Å². The largest absolute Gasteiger partial charge is 0.347 e. The summed E-state index contributed by atoms with van der Waals surface area (Å²) in [6.45, 7) is 2.25. The molecule has 0 saturated carbocycles. The fourth-order valence-corrected chi connectivity index (χ4v) is 3.60. The van der Waals surface area contributed by atoms with E-state index in [9.17, 15) is 14.4 Å². The van der Waals surface area contributed by atoms with Crippen molar-refractivity contribution < 1.29 is 14.4 Å². The number of piperidine rings is 1. The first kappa shape index (κ1) is 20.4. The van der Waals surface area contributed by atoms with E-state index in [4.69, 9.17) is 0 Å². The lowest BCUT2D eigenvalue weighted by Crippen LogP contribution is -2.39. The van der Waals surface area contributed by atoms with Gasteiger partial charge in [0.05, 0.1) is 11.6 Å². The minimum Gasteiger partial charge on any atom is -0.347 e. The summed E-state index contributed by atoms with van der Waals surface area (Å²) >= 11 is 0. The molecule has 3 amide bonds. The Labute approximate surface area is 179 Å². The van der Waals surface area contributed by atoms with Gasteiger partial charge in [0.2, 0.25) is 11.8 Å². The molecule has 1 aliphatic heterocycles. The first-order valence-electron chi connectivity index (χ1n) is 10.1. The third-order valence-corrected chi connectivity index (χ3v) is 5.34. The van der Waals surface area contributed by atoms with Crippen molar-refractivity contribution in [3.05, 3.63) is 83.4 Å². The minimum atomic E-state index is -0.415. The van der Waals surface area contributed by atoms with Crippen LogP contribution in [-0.2, 0) is 16.1 Å². The first-order valence-corrected chi connectivity index (χ1v) is 10.1. The maximum atomic E-state index is 12.3. The van der Waals surface area contributed by atoms with Crippen LogP contribution in [0.5, 0.6) is 0 Å². The fraction of sp³-hybridized carbons (Fsp3) is 0.208. The number of carbonyl (C=O) groups excluding carboxylic acids is 3. The molecule has 4 rings (SSSR count). The van der Waals surface area contributed by atoms with Gasteiger partial charge >= 0.3 is 0 Å². The number of aromatic nitrogens is 2. The molecular weight excluding hydrogens is 392 g/mol. The number of carbonyl (C=O) groups is 3. The number of hydrogen-bond acceptors (Lipinski definition) is 5. The number of pyridine rings is 2. The highest BCUT2D eigenvalue weighted by molar-refractivity contribution is 6.00. The lowest BCUT2D eigenvalue weighted by molar-refractivity contribution is -0.134. The first-order chi connectivity index (χ1) is 15.0. The van der Waals surface area contributed by atoms with Crippen LogP contribution in [-0.4, -0.2) is 27.7 Å². The van der Waals surface area contributed by atoms with E-state index in [-0.39, 0.29) is 17.7 Å². The number of imide groups is 1. The second-order valence-corrected chi connectivity index (χ2v) is 7.52. The highest BCUT2D eigenvalue weighted by Crippen LogP contribution is 2.27. The Morgan fingerprint density at radius 3 is 2.61 bits per heavy atom. The normalized spacial score (nSPS) is 16.0. The van der Waals surface area contributed by atoms with Gasteiger partial charge in [0.15, 0.2) is 0 Å². The lowest BCUT2D eigenvalue weighted by atomic mass is 9.92. The smallest absolute Gasteiger partial charge is 0.270 e. The van der Waals surface area contributed by atoms with Crippen molar-refractivity contribution in [1.29, 1.82) is 0 Å². The zero-order chi connectivity index (χ0) is 21.8. The summed E-state index contributed by atoms with van der Waals surface area (Å²) in [5.41, 5.74) is 4.80. The molecule has 2 N–H and O–H groups in total. The molecule has 3 aromatic rings. The summed E-state index contributed by atoms with van der Waals surface area (Å²) < 4.78 is 0. The summed E-state index contributed by atoms with van der Waals surface area (Å²) in [4.78, 5) is 44.3. The highest BCUT2D eigenvalue weighted by atomic mass is 16.2. The molecule has 1 atom stereocenters. The Hall–Kier alpha value is -3.87. The number of rotatable bonds is 5. The van der Waals surface area contributed by atoms with Crippen molar-refractivity contribution in [3.63, 3.8) is 0 Å². The maximum absolute atomic E-state index is 12.3. The van der Waals surface area contributed by atoms with Crippen LogP contribution < -0.4 is 10.6 Å². The van der Waals surface area contributed by atoms with Crippen molar-refractivity contribution >= 4 is 17.7 Å². The Balaban J connectivity index is 1.44. The van der Waals surface area contributed by atoms with Crippen molar-refractivity contribution in [1.82, 2.24) is 20.6 Å². The fourth-order valence-electron chi connectivity index (χ4n) is 3.60. The van der Waals surface area contributed by atoms with Crippen molar-refractivity contribution in [2.24, 2.45) is 0 Å². The minimum absolute atomic E-state index is 0.204. The molecule has 7 nitrogen and oxygen atoms in total. The molecule has 31 heavy (non-hydrogen) atoms. The number of nitrogens with zero attached hydrogens (tertiary/aromatic N) is 2. The van der Waals surface area contributed by atoms with Crippen LogP contribution in [0.3, 0.4) is 0 Å². The standard InChI is InChI=1S/C24H22N4O3/c1-15-3-2-11-26-22(15)24(31)27-14-16-4-6-17(7-5-16)18-10-12-25-20(13-18)19-8-9-21(29)28-23(19)30/h2-7,10-13,19H,8-9,14H2,1H3,(H,27,31)(H,28,29,30). The molecule has 0 spiro atoms. The van der Waals surface area contributed by atoms with Crippen molar-refractivity contribution in [3.8, 4) is 11.1 Å². The molecule has 1 aromatic carbocycles. The summed E-state index contributed by atoms with van der Waals surface area (Å²) in [5, 5.41) is 5.27. The SMILES string of the molecule is Cc1cccnc1C(=O)NCc1ccc(-c2ccnc(C3CCC(=O)NC3=O)c2)cc1. The average Bonchev–Trinajstić information content (AvgIpc) is 2.78. The summed E-state index contributed by atoms with van der Waals surface area (Å²) in [7, 11) is 0. The molecule has 156 valence electrons. The molecule has 1 saturated heterocycles. The zero-order valence-electron chi connectivity index (χ0n) is 17.1. The van der Waals surface area contributed by atoms with Gasteiger partial charge in [-0.3, -0.25) is 29.7 Å². The van der Waals surface area contributed by atoms with Gasteiger partial charge in [-0.15, -0.1) is 0 Å². The van der Waals surface area contributed by atoms with Crippen LogP contribution in [0, 0.1) is 6.92 Å². The molecule has 7 heteroatoms. The molecule has 3 heterocycles. The summed E-state index contributed by atoms with van der Waals surface area (Å²) in [6.07, 6.45) is 4.07. The number of benzene rings is 1. The molecule has 0 bridgehead atoms. The predicted octanol–water partition coefficient (Wildman–Crippen LogP) is 2.90. The number of nitrogens with one attached hydrogen (secondary N) is 2. The van der Waals surface area contributed by atoms with Crippen LogP contribution in [0.4, 0.5) is 0 Å². The Bertz CT molecular complexity index is 1140. The van der Waals surface area contributed by atoms with Crippen LogP contribution >= 0.6 is 0 Å². The highest BCUT2D eigenvalue weighted by Gasteiger charge is 2.29. The topological polar surface area (TPSA) is 101 Å². The summed E-state index contributed by atoms with van der Waals surface area (Å²) in [6, 6.07) is 15.3. The zero-order valence-corrected chi connectivity index (χ0v) is 17.1. The monoisotopic (exact) mass is 414 g/mol. The number of amides is 3. The van der Waals surface area contributed by atoms with Gasteiger partial charge < -0.3 is 5.32 Å². The van der Waals surface area contributed by atoms with E-state index in [1.54, 1.807) is 18.5 Å². The Morgan fingerprint density at radius 1 is 1.06 bits per heavy atom. The summed E-state index contributed by atoms with van der Waals surface area (Å²) in [5.74, 6) is -1.15. The van der Waals surface area contributed by atoms with E-state index in [1.807, 2.05) is 49.4 Å². The van der Waals surface area contributed by atoms with E-state index in [1.165, 1.54) is 0 Å². The lowest BCUT2D eigenvalue weighted by Gasteiger charge is -2.20. The maximum Gasteiger partial charge on any atom is 0.270 e.